The van der Waals surface area contributed by atoms with Crippen LogP contribution in [0, 0.1) is 18.8 Å². The zero-order chi connectivity index (χ0) is 15.3. The normalized spacial score (nSPS) is 36.0. The van der Waals surface area contributed by atoms with Crippen molar-refractivity contribution < 1.29 is 14.3 Å². The van der Waals surface area contributed by atoms with E-state index in [4.69, 9.17) is 9.47 Å². The molecule has 0 N–H and O–H groups in total. The van der Waals surface area contributed by atoms with Crippen LogP contribution in [0.1, 0.15) is 37.6 Å². The van der Waals surface area contributed by atoms with Gasteiger partial charge in [0.05, 0.1) is 29.8 Å². The third kappa shape index (κ3) is 1.92. The molecule has 0 spiro atoms. The first-order valence-electron chi connectivity index (χ1n) is 7.94. The van der Waals surface area contributed by atoms with Gasteiger partial charge in [-0.3, -0.25) is 9.97 Å². The van der Waals surface area contributed by atoms with Gasteiger partial charge in [-0.05, 0) is 38.0 Å². The first-order valence-corrected chi connectivity index (χ1v) is 7.94. The first-order chi connectivity index (χ1) is 10.6. The molecule has 116 valence electrons. The van der Waals surface area contributed by atoms with E-state index in [2.05, 4.69) is 16.9 Å². The van der Waals surface area contributed by atoms with Crippen molar-refractivity contribution in [2.75, 3.05) is 0 Å². The standard InChI is InChI=1S/C17H20N2O3/c1-10-5-12-3-4-15-17(12,14(6-10)16(20)22-15)21-9-13-8-18-11(2)7-19-13/h6-8,10,12,15H,3-5,9H2,1-2H3/t10-,12+,15+,17-/m1/s1. The average Bonchev–Trinajstić information content (AvgIpc) is 2.97. The van der Waals surface area contributed by atoms with Crippen molar-refractivity contribution in [3.05, 3.63) is 35.4 Å². The molecule has 2 aliphatic carbocycles. The highest BCUT2D eigenvalue weighted by atomic mass is 16.6. The number of ether oxygens (including phenoxy) is 2. The third-order valence-corrected chi connectivity index (χ3v) is 5.15. The summed E-state index contributed by atoms with van der Waals surface area (Å²) in [5.41, 5.74) is 1.85. The number of esters is 1. The van der Waals surface area contributed by atoms with E-state index < -0.39 is 5.60 Å². The van der Waals surface area contributed by atoms with Gasteiger partial charge in [-0.1, -0.05) is 13.0 Å². The molecule has 5 nitrogen and oxygen atoms in total. The van der Waals surface area contributed by atoms with Crippen LogP contribution in [0.25, 0.3) is 0 Å². The fourth-order valence-electron chi connectivity index (χ4n) is 4.20. The lowest BCUT2D eigenvalue weighted by Crippen LogP contribution is -2.46. The zero-order valence-electron chi connectivity index (χ0n) is 12.9. The summed E-state index contributed by atoms with van der Waals surface area (Å²) < 4.78 is 11.9. The lowest BCUT2D eigenvalue weighted by Gasteiger charge is -2.38. The van der Waals surface area contributed by atoms with Crippen LogP contribution in [-0.4, -0.2) is 27.6 Å². The monoisotopic (exact) mass is 300 g/mol. The van der Waals surface area contributed by atoms with Crippen molar-refractivity contribution in [2.45, 2.75) is 51.4 Å². The van der Waals surface area contributed by atoms with Gasteiger partial charge in [-0.25, -0.2) is 4.79 Å². The van der Waals surface area contributed by atoms with Gasteiger partial charge in [0.2, 0.25) is 0 Å². The number of aryl methyl sites for hydroxylation is 1. The molecule has 1 aromatic rings. The Bertz CT molecular complexity index is 640. The summed E-state index contributed by atoms with van der Waals surface area (Å²) in [6.07, 6.45) is 8.38. The lowest BCUT2D eigenvalue weighted by atomic mass is 9.73. The summed E-state index contributed by atoms with van der Waals surface area (Å²) in [4.78, 5) is 20.8. The van der Waals surface area contributed by atoms with Crippen molar-refractivity contribution in [3.8, 4) is 0 Å². The summed E-state index contributed by atoms with van der Waals surface area (Å²) in [5.74, 6) is 0.564. The maximum absolute atomic E-state index is 12.2. The highest BCUT2D eigenvalue weighted by molar-refractivity contribution is 5.94. The fourth-order valence-corrected chi connectivity index (χ4v) is 4.20. The molecule has 22 heavy (non-hydrogen) atoms. The number of hydrogen-bond donors (Lipinski definition) is 0. The van der Waals surface area contributed by atoms with Gasteiger partial charge in [0.1, 0.15) is 11.7 Å². The number of allylic oxidation sites excluding steroid dienone is 1. The van der Waals surface area contributed by atoms with Gasteiger partial charge in [0, 0.05) is 6.20 Å². The Balaban J connectivity index is 1.64. The second-order valence-corrected chi connectivity index (χ2v) is 6.69. The zero-order valence-corrected chi connectivity index (χ0v) is 12.9. The Morgan fingerprint density at radius 3 is 3.00 bits per heavy atom. The van der Waals surface area contributed by atoms with Crippen LogP contribution in [0.15, 0.2) is 24.0 Å². The summed E-state index contributed by atoms with van der Waals surface area (Å²) in [6.45, 7) is 4.42. The Kier molecular flexibility index (Phi) is 3.08. The smallest absolute Gasteiger partial charge is 0.337 e. The quantitative estimate of drug-likeness (QED) is 0.802. The van der Waals surface area contributed by atoms with Gasteiger partial charge < -0.3 is 9.47 Å². The van der Waals surface area contributed by atoms with Crippen LogP contribution in [0.3, 0.4) is 0 Å². The molecule has 0 amide bonds. The van der Waals surface area contributed by atoms with Gasteiger partial charge >= 0.3 is 5.97 Å². The molecule has 0 unspecified atom stereocenters. The van der Waals surface area contributed by atoms with E-state index in [1.54, 1.807) is 12.4 Å². The van der Waals surface area contributed by atoms with Crippen LogP contribution in [0.2, 0.25) is 0 Å². The minimum absolute atomic E-state index is 0.137. The SMILES string of the molecule is Cc1cnc(CO[C@@]23C4=C[C@H](C)C[C@@H]2CC[C@@H]3OC4=O)cn1. The molecule has 3 aliphatic rings. The number of nitrogens with zero attached hydrogens (tertiary/aromatic N) is 2. The average molecular weight is 300 g/mol. The fraction of sp³-hybridized carbons (Fsp3) is 0.588. The number of carbonyl (C=O) groups excluding carboxylic acids is 1. The van der Waals surface area contributed by atoms with Gasteiger partial charge in [-0.15, -0.1) is 0 Å². The number of aromatic nitrogens is 2. The minimum Gasteiger partial charge on any atom is -0.455 e. The van der Waals surface area contributed by atoms with Crippen molar-refractivity contribution >= 4 is 5.97 Å². The molecular weight excluding hydrogens is 280 g/mol. The van der Waals surface area contributed by atoms with Crippen molar-refractivity contribution in [2.24, 2.45) is 11.8 Å². The maximum Gasteiger partial charge on any atom is 0.337 e. The largest absolute Gasteiger partial charge is 0.455 e. The molecule has 1 saturated carbocycles. The van der Waals surface area contributed by atoms with Crippen LogP contribution in [0.5, 0.6) is 0 Å². The molecule has 2 fully saturated rings. The van der Waals surface area contributed by atoms with Crippen molar-refractivity contribution in [3.63, 3.8) is 0 Å². The summed E-state index contributed by atoms with van der Waals surface area (Å²) in [5, 5.41) is 0. The molecular formula is C17H20N2O3. The van der Waals surface area contributed by atoms with E-state index in [0.717, 1.165) is 36.2 Å². The first kappa shape index (κ1) is 13.9. The third-order valence-electron chi connectivity index (χ3n) is 5.15. The van der Waals surface area contributed by atoms with Crippen LogP contribution >= 0.6 is 0 Å². The van der Waals surface area contributed by atoms with Crippen molar-refractivity contribution in [1.29, 1.82) is 0 Å². The van der Waals surface area contributed by atoms with E-state index in [0.29, 0.717) is 18.4 Å². The molecule has 1 aromatic heterocycles. The number of rotatable bonds is 3. The van der Waals surface area contributed by atoms with Crippen LogP contribution in [-0.2, 0) is 20.9 Å². The topological polar surface area (TPSA) is 61.3 Å². The van der Waals surface area contributed by atoms with Gasteiger partial charge in [-0.2, -0.15) is 0 Å². The second-order valence-electron chi connectivity index (χ2n) is 6.69. The molecule has 1 aliphatic heterocycles. The number of hydrogen-bond acceptors (Lipinski definition) is 5. The highest BCUT2D eigenvalue weighted by Gasteiger charge is 2.63. The molecule has 0 aromatic carbocycles. The minimum atomic E-state index is -0.559. The predicted molar refractivity (Wildman–Crippen MR) is 78.8 cm³/mol. The van der Waals surface area contributed by atoms with E-state index in [1.165, 1.54) is 0 Å². The Hall–Kier alpha value is -1.75. The molecule has 2 heterocycles. The molecule has 0 radical (unpaired) electrons. The Morgan fingerprint density at radius 2 is 2.23 bits per heavy atom. The Labute approximate surface area is 129 Å². The van der Waals surface area contributed by atoms with Gasteiger partial charge in [0.25, 0.3) is 0 Å². The van der Waals surface area contributed by atoms with Crippen molar-refractivity contribution in [1.82, 2.24) is 9.97 Å². The van der Waals surface area contributed by atoms with E-state index in [9.17, 15) is 4.79 Å². The van der Waals surface area contributed by atoms with E-state index in [-0.39, 0.29) is 12.1 Å². The highest BCUT2D eigenvalue weighted by Crippen LogP contribution is 2.55. The Morgan fingerprint density at radius 1 is 1.36 bits per heavy atom. The van der Waals surface area contributed by atoms with E-state index in [1.807, 2.05) is 13.0 Å². The summed E-state index contributed by atoms with van der Waals surface area (Å²) in [6, 6.07) is 0. The molecule has 4 rings (SSSR count). The molecule has 0 bridgehead atoms. The van der Waals surface area contributed by atoms with Gasteiger partial charge in [0.15, 0.2) is 0 Å². The summed E-state index contributed by atoms with van der Waals surface area (Å²) in [7, 11) is 0. The number of carbonyl (C=O) groups is 1. The molecule has 4 atom stereocenters. The van der Waals surface area contributed by atoms with E-state index >= 15 is 0 Å². The van der Waals surface area contributed by atoms with Crippen LogP contribution < -0.4 is 0 Å². The van der Waals surface area contributed by atoms with Crippen LogP contribution in [0.4, 0.5) is 0 Å². The second kappa shape index (κ2) is 4.88. The predicted octanol–water partition coefficient (Wildman–Crippen LogP) is 2.34. The molecule has 5 heteroatoms. The maximum atomic E-state index is 12.2. The summed E-state index contributed by atoms with van der Waals surface area (Å²) >= 11 is 0. The lowest BCUT2D eigenvalue weighted by molar-refractivity contribution is -0.142. The molecule has 1 saturated heterocycles.